The smallest absolute Gasteiger partial charge is 0.159 e. The molecular formula is C15H21F2NO. The highest BCUT2D eigenvalue weighted by Crippen LogP contribution is 2.26. The predicted molar refractivity (Wildman–Crippen MR) is 71.0 cm³/mol. The maximum absolute atomic E-state index is 13.3. The molecule has 1 aromatic rings. The molecule has 0 bridgehead atoms. The molecule has 0 aromatic heterocycles. The zero-order valence-corrected chi connectivity index (χ0v) is 11.3. The van der Waals surface area contributed by atoms with Gasteiger partial charge in [-0.25, -0.2) is 8.78 Å². The number of hydrogen-bond acceptors (Lipinski definition) is 2. The summed E-state index contributed by atoms with van der Waals surface area (Å²) in [4.78, 5) is 0. The van der Waals surface area contributed by atoms with E-state index in [9.17, 15) is 8.78 Å². The van der Waals surface area contributed by atoms with Gasteiger partial charge < -0.3 is 10.1 Å². The molecule has 106 valence electrons. The number of halogens is 2. The van der Waals surface area contributed by atoms with E-state index in [2.05, 4.69) is 12.2 Å². The third-order valence-corrected chi connectivity index (χ3v) is 3.51. The molecule has 0 saturated carbocycles. The van der Waals surface area contributed by atoms with Crippen molar-refractivity contribution in [1.29, 1.82) is 0 Å². The van der Waals surface area contributed by atoms with Crippen LogP contribution in [0.3, 0.4) is 0 Å². The quantitative estimate of drug-likeness (QED) is 0.852. The third-order valence-electron chi connectivity index (χ3n) is 3.51. The molecule has 0 spiro atoms. The molecule has 4 heteroatoms. The van der Waals surface area contributed by atoms with Crippen LogP contribution < -0.4 is 5.32 Å². The van der Waals surface area contributed by atoms with Crippen LogP contribution in [0.25, 0.3) is 0 Å². The third kappa shape index (κ3) is 3.98. The zero-order valence-electron chi connectivity index (χ0n) is 11.3. The van der Waals surface area contributed by atoms with Crippen LogP contribution in [0.2, 0.25) is 0 Å². The molecule has 2 nitrogen and oxygen atoms in total. The van der Waals surface area contributed by atoms with Crippen LogP contribution in [-0.4, -0.2) is 19.3 Å². The summed E-state index contributed by atoms with van der Waals surface area (Å²) in [6.45, 7) is 3.75. The minimum atomic E-state index is -0.796. The lowest BCUT2D eigenvalue weighted by Gasteiger charge is -2.22. The first-order valence-corrected chi connectivity index (χ1v) is 7.00. The number of benzene rings is 1. The van der Waals surface area contributed by atoms with E-state index < -0.39 is 11.6 Å². The van der Waals surface area contributed by atoms with Crippen molar-refractivity contribution in [2.45, 2.75) is 44.8 Å². The second kappa shape index (κ2) is 6.96. The molecule has 1 heterocycles. The summed E-state index contributed by atoms with van der Waals surface area (Å²) in [5.74, 6) is -1.58. The van der Waals surface area contributed by atoms with E-state index in [0.717, 1.165) is 44.4 Å². The van der Waals surface area contributed by atoms with Gasteiger partial charge in [-0.3, -0.25) is 0 Å². The monoisotopic (exact) mass is 269 g/mol. The number of rotatable bonds is 6. The maximum atomic E-state index is 13.3. The summed E-state index contributed by atoms with van der Waals surface area (Å²) < 4.78 is 32.0. The van der Waals surface area contributed by atoms with Crippen LogP contribution in [0, 0.1) is 11.6 Å². The summed E-state index contributed by atoms with van der Waals surface area (Å²) >= 11 is 0. The minimum Gasteiger partial charge on any atom is -0.378 e. The Morgan fingerprint density at radius 2 is 2.21 bits per heavy atom. The Morgan fingerprint density at radius 3 is 2.84 bits per heavy atom. The number of nitrogens with one attached hydrogen (secondary N) is 1. The zero-order chi connectivity index (χ0) is 13.7. The number of hydrogen-bond donors (Lipinski definition) is 1. The molecule has 0 amide bonds. The Labute approximate surface area is 113 Å². The summed E-state index contributed by atoms with van der Waals surface area (Å²) in [6.07, 6.45) is 4.18. The lowest BCUT2D eigenvalue weighted by molar-refractivity contribution is 0.0945. The van der Waals surface area contributed by atoms with Gasteiger partial charge in [0.2, 0.25) is 0 Å². The van der Waals surface area contributed by atoms with Crippen molar-refractivity contribution >= 4 is 0 Å². The first-order chi connectivity index (χ1) is 9.20. The van der Waals surface area contributed by atoms with Crippen LogP contribution in [0.1, 0.15) is 44.2 Å². The summed E-state index contributed by atoms with van der Waals surface area (Å²) in [6, 6.07) is 4.16. The van der Waals surface area contributed by atoms with E-state index in [4.69, 9.17) is 4.74 Å². The van der Waals surface area contributed by atoms with E-state index in [1.807, 2.05) is 0 Å². The molecule has 1 saturated heterocycles. The van der Waals surface area contributed by atoms with Crippen LogP contribution >= 0.6 is 0 Å². The largest absolute Gasteiger partial charge is 0.378 e. The Balaban J connectivity index is 2.08. The van der Waals surface area contributed by atoms with Crippen LogP contribution in [0.4, 0.5) is 8.78 Å². The molecule has 0 radical (unpaired) electrons. The summed E-state index contributed by atoms with van der Waals surface area (Å²) in [7, 11) is 0. The minimum absolute atomic E-state index is 0.0261. The van der Waals surface area contributed by atoms with Crippen molar-refractivity contribution < 1.29 is 13.5 Å². The van der Waals surface area contributed by atoms with E-state index in [0.29, 0.717) is 0 Å². The Hall–Kier alpha value is -1.00. The molecule has 0 aliphatic carbocycles. The van der Waals surface area contributed by atoms with Crippen molar-refractivity contribution in [1.82, 2.24) is 5.32 Å². The molecule has 1 fully saturated rings. The topological polar surface area (TPSA) is 21.3 Å². The van der Waals surface area contributed by atoms with E-state index in [1.54, 1.807) is 6.07 Å². The summed E-state index contributed by atoms with van der Waals surface area (Å²) in [5, 5.41) is 3.39. The average Bonchev–Trinajstić information content (AvgIpc) is 2.91. The molecule has 2 rings (SSSR count). The SMILES string of the molecule is CCCNC(CC1CCCO1)c1ccc(F)c(F)c1. The second-order valence-corrected chi connectivity index (χ2v) is 5.05. The van der Waals surface area contributed by atoms with Gasteiger partial charge in [0.1, 0.15) is 0 Å². The standard InChI is InChI=1S/C15H21F2NO/c1-2-7-18-15(10-12-4-3-8-19-12)11-5-6-13(16)14(17)9-11/h5-6,9,12,15,18H,2-4,7-8,10H2,1H3. The first kappa shape index (κ1) is 14.4. The van der Waals surface area contributed by atoms with Crippen LogP contribution in [0.15, 0.2) is 18.2 Å². The highest BCUT2D eigenvalue weighted by molar-refractivity contribution is 5.21. The summed E-state index contributed by atoms with van der Waals surface area (Å²) in [5.41, 5.74) is 0.794. The van der Waals surface area contributed by atoms with Crippen molar-refractivity contribution in [3.63, 3.8) is 0 Å². The molecule has 1 aromatic carbocycles. The molecule has 2 atom stereocenters. The Morgan fingerprint density at radius 1 is 1.37 bits per heavy atom. The van der Waals surface area contributed by atoms with E-state index in [-0.39, 0.29) is 12.1 Å². The first-order valence-electron chi connectivity index (χ1n) is 7.00. The molecule has 2 unspecified atom stereocenters. The highest BCUT2D eigenvalue weighted by Gasteiger charge is 2.22. The second-order valence-electron chi connectivity index (χ2n) is 5.05. The molecular weight excluding hydrogens is 248 g/mol. The number of ether oxygens (including phenoxy) is 1. The fourth-order valence-corrected chi connectivity index (χ4v) is 2.48. The van der Waals surface area contributed by atoms with Crippen molar-refractivity contribution in [3.05, 3.63) is 35.4 Å². The maximum Gasteiger partial charge on any atom is 0.159 e. The van der Waals surface area contributed by atoms with Gasteiger partial charge in [-0.05, 0) is 49.9 Å². The van der Waals surface area contributed by atoms with Crippen molar-refractivity contribution in [2.24, 2.45) is 0 Å². The predicted octanol–water partition coefficient (Wildman–Crippen LogP) is 3.57. The Kier molecular flexibility index (Phi) is 5.28. The average molecular weight is 269 g/mol. The van der Waals surface area contributed by atoms with Crippen LogP contribution in [0.5, 0.6) is 0 Å². The molecule has 1 aliphatic rings. The van der Waals surface area contributed by atoms with Gasteiger partial charge in [0.25, 0.3) is 0 Å². The lowest BCUT2D eigenvalue weighted by Crippen LogP contribution is -2.26. The van der Waals surface area contributed by atoms with Gasteiger partial charge in [0.05, 0.1) is 6.10 Å². The fourth-order valence-electron chi connectivity index (χ4n) is 2.48. The van der Waals surface area contributed by atoms with Gasteiger partial charge in [0.15, 0.2) is 11.6 Å². The van der Waals surface area contributed by atoms with Gasteiger partial charge in [-0.2, -0.15) is 0 Å². The molecule has 1 aliphatic heterocycles. The van der Waals surface area contributed by atoms with Crippen LogP contribution in [-0.2, 0) is 4.74 Å². The van der Waals surface area contributed by atoms with Crippen molar-refractivity contribution in [2.75, 3.05) is 13.2 Å². The highest BCUT2D eigenvalue weighted by atomic mass is 19.2. The Bertz CT molecular complexity index is 405. The normalized spacial score (nSPS) is 20.7. The molecule has 19 heavy (non-hydrogen) atoms. The van der Waals surface area contributed by atoms with Gasteiger partial charge in [-0.15, -0.1) is 0 Å². The lowest BCUT2D eigenvalue weighted by atomic mass is 9.99. The van der Waals surface area contributed by atoms with Gasteiger partial charge >= 0.3 is 0 Å². The van der Waals surface area contributed by atoms with Crippen molar-refractivity contribution in [3.8, 4) is 0 Å². The fraction of sp³-hybridized carbons (Fsp3) is 0.600. The van der Waals surface area contributed by atoms with Gasteiger partial charge in [0, 0.05) is 12.6 Å². The van der Waals surface area contributed by atoms with Gasteiger partial charge in [-0.1, -0.05) is 13.0 Å². The van der Waals surface area contributed by atoms with E-state index >= 15 is 0 Å². The van der Waals surface area contributed by atoms with E-state index in [1.165, 1.54) is 12.1 Å². The molecule has 1 N–H and O–H groups in total.